The second kappa shape index (κ2) is 7.46. The minimum absolute atomic E-state index is 0.0669. The lowest BCUT2D eigenvalue weighted by Crippen LogP contribution is -2.42. The molecule has 1 saturated heterocycles. The van der Waals surface area contributed by atoms with Crippen LogP contribution in [-0.4, -0.2) is 46.2 Å². The van der Waals surface area contributed by atoms with Gasteiger partial charge in [0.1, 0.15) is 6.10 Å². The number of hydrogen-bond acceptors (Lipinski definition) is 5. The van der Waals surface area contributed by atoms with Gasteiger partial charge in [-0.25, -0.2) is 9.97 Å². The van der Waals surface area contributed by atoms with E-state index in [1.807, 2.05) is 35.4 Å². The number of piperidine rings is 1. The number of carbonyl (C=O) groups excluding carboxylic acids is 1. The van der Waals surface area contributed by atoms with Crippen molar-refractivity contribution in [1.82, 2.24) is 14.9 Å². The van der Waals surface area contributed by atoms with Crippen molar-refractivity contribution < 1.29 is 9.53 Å². The predicted octanol–water partition coefficient (Wildman–Crippen LogP) is 2.88. The van der Waals surface area contributed by atoms with Crippen molar-refractivity contribution in [2.45, 2.75) is 23.8 Å². The molecule has 1 fully saturated rings. The first-order valence-corrected chi connectivity index (χ1v) is 8.86. The number of benzene rings is 1. The number of hydrogen-bond donors (Lipinski definition) is 0. The highest BCUT2D eigenvalue weighted by atomic mass is 32.2. The lowest BCUT2D eigenvalue weighted by atomic mass is 10.1. The molecule has 2 heterocycles. The molecule has 0 aliphatic carbocycles. The smallest absolute Gasteiger partial charge is 0.316 e. The van der Waals surface area contributed by atoms with E-state index < -0.39 is 0 Å². The number of ether oxygens (including phenoxy) is 1. The van der Waals surface area contributed by atoms with Crippen LogP contribution >= 0.6 is 11.8 Å². The maximum absolute atomic E-state index is 12.7. The molecule has 1 aliphatic heterocycles. The lowest BCUT2D eigenvalue weighted by Gasteiger charge is -2.32. The Balaban J connectivity index is 1.59. The largest absolute Gasteiger partial charge is 0.460 e. The summed E-state index contributed by atoms with van der Waals surface area (Å²) in [5.41, 5.74) is 0.783. The highest BCUT2D eigenvalue weighted by Crippen LogP contribution is 2.23. The van der Waals surface area contributed by atoms with Gasteiger partial charge in [0.05, 0.1) is 5.56 Å². The zero-order chi connectivity index (χ0) is 16.1. The number of amides is 1. The molecule has 1 aliphatic rings. The Kier molecular flexibility index (Phi) is 5.12. The first kappa shape index (κ1) is 15.8. The number of rotatable bonds is 4. The van der Waals surface area contributed by atoms with Crippen LogP contribution in [0.25, 0.3) is 0 Å². The number of carbonyl (C=O) groups is 1. The highest BCUT2D eigenvalue weighted by Gasteiger charge is 2.26. The van der Waals surface area contributed by atoms with Gasteiger partial charge < -0.3 is 9.64 Å². The zero-order valence-corrected chi connectivity index (χ0v) is 13.8. The van der Waals surface area contributed by atoms with Gasteiger partial charge >= 0.3 is 6.01 Å². The summed E-state index contributed by atoms with van der Waals surface area (Å²) in [5.74, 6) is 0.101. The molecule has 1 amide bonds. The molecule has 0 atom stereocenters. The molecule has 1 aromatic heterocycles. The fraction of sp³-hybridized carbons (Fsp3) is 0.353. The normalized spacial score (nSPS) is 15.4. The van der Waals surface area contributed by atoms with E-state index in [4.69, 9.17) is 4.74 Å². The molecular formula is C17H19N3O2S. The van der Waals surface area contributed by atoms with Crippen LogP contribution in [0.3, 0.4) is 0 Å². The fourth-order valence-electron chi connectivity index (χ4n) is 2.66. The number of nitrogens with zero attached hydrogens (tertiary/aromatic N) is 3. The molecule has 3 rings (SSSR count). The quantitative estimate of drug-likeness (QED) is 0.807. The molecule has 1 aromatic carbocycles. The molecule has 0 saturated carbocycles. The van der Waals surface area contributed by atoms with Crippen LogP contribution in [0.4, 0.5) is 0 Å². The third kappa shape index (κ3) is 3.82. The van der Waals surface area contributed by atoms with Crippen LogP contribution in [0.15, 0.2) is 47.6 Å². The van der Waals surface area contributed by atoms with Crippen molar-refractivity contribution in [1.29, 1.82) is 0 Å². The highest BCUT2D eigenvalue weighted by molar-refractivity contribution is 7.98. The summed E-state index contributed by atoms with van der Waals surface area (Å²) in [4.78, 5) is 23.8. The van der Waals surface area contributed by atoms with E-state index in [-0.39, 0.29) is 12.0 Å². The third-order valence-electron chi connectivity index (χ3n) is 3.88. The summed E-state index contributed by atoms with van der Waals surface area (Å²) < 4.78 is 5.77. The van der Waals surface area contributed by atoms with Gasteiger partial charge in [0.2, 0.25) is 0 Å². The minimum atomic E-state index is 0.0669. The predicted molar refractivity (Wildman–Crippen MR) is 89.8 cm³/mol. The SMILES string of the molecule is CSc1ccccc1C(=O)N1CCC(Oc2ncccn2)CC1. The average Bonchev–Trinajstić information content (AvgIpc) is 2.62. The second-order valence-corrected chi connectivity index (χ2v) is 6.19. The molecule has 0 spiro atoms. The van der Waals surface area contributed by atoms with Gasteiger partial charge in [-0.15, -0.1) is 11.8 Å². The van der Waals surface area contributed by atoms with E-state index >= 15 is 0 Å². The lowest BCUT2D eigenvalue weighted by molar-refractivity contribution is 0.0575. The monoisotopic (exact) mass is 329 g/mol. The molecule has 2 aromatic rings. The Labute approximate surface area is 140 Å². The Bertz CT molecular complexity index is 658. The van der Waals surface area contributed by atoms with Gasteiger partial charge in [0, 0.05) is 43.2 Å². The molecule has 0 bridgehead atoms. The first-order chi connectivity index (χ1) is 11.3. The Morgan fingerprint density at radius 1 is 1.17 bits per heavy atom. The average molecular weight is 329 g/mol. The van der Waals surface area contributed by atoms with E-state index in [0.29, 0.717) is 19.1 Å². The maximum Gasteiger partial charge on any atom is 0.316 e. The summed E-state index contributed by atoms with van der Waals surface area (Å²) >= 11 is 1.60. The van der Waals surface area contributed by atoms with E-state index in [2.05, 4.69) is 9.97 Å². The molecule has 0 N–H and O–H groups in total. The van der Waals surface area contributed by atoms with Crippen molar-refractivity contribution in [3.63, 3.8) is 0 Å². The van der Waals surface area contributed by atoms with Gasteiger partial charge in [-0.1, -0.05) is 12.1 Å². The molecule has 0 unspecified atom stereocenters. The molecular weight excluding hydrogens is 310 g/mol. The summed E-state index contributed by atoms with van der Waals surface area (Å²) in [6, 6.07) is 9.93. The van der Waals surface area contributed by atoms with Crippen LogP contribution in [0.1, 0.15) is 23.2 Å². The van der Waals surface area contributed by atoms with Gasteiger partial charge in [0.15, 0.2) is 0 Å². The summed E-state index contributed by atoms with van der Waals surface area (Å²) in [6.07, 6.45) is 6.99. The van der Waals surface area contributed by atoms with Crippen molar-refractivity contribution in [2.75, 3.05) is 19.3 Å². The topological polar surface area (TPSA) is 55.3 Å². The van der Waals surface area contributed by atoms with Crippen LogP contribution < -0.4 is 4.74 Å². The van der Waals surface area contributed by atoms with E-state index in [9.17, 15) is 4.79 Å². The molecule has 6 heteroatoms. The van der Waals surface area contributed by atoms with Gasteiger partial charge in [-0.05, 0) is 24.5 Å². The Hall–Kier alpha value is -2.08. The molecule has 23 heavy (non-hydrogen) atoms. The summed E-state index contributed by atoms with van der Waals surface area (Å²) in [6.45, 7) is 1.39. The Morgan fingerprint density at radius 2 is 1.87 bits per heavy atom. The van der Waals surface area contributed by atoms with E-state index in [0.717, 1.165) is 23.3 Å². The number of aromatic nitrogens is 2. The molecule has 0 radical (unpaired) electrons. The fourth-order valence-corrected chi connectivity index (χ4v) is 3.25. The van der Waals surface area contributed by atoms with E-state index in [1.54, 1.807) is 30.2 Å². The van der Waals surface area contributed by atoms with Crippen LogP contribution in [0, 0.1) is 0 Å². The number of likely N-dealkylation sites (tertiary alicyclic amines) is 1. The maximum atomic E-state index is 12.7. The van der Waals surface area contributed by atoms with Crippen LogP contribution in [0.5, 0.6) is 6.01 Å². The van der Waals surface area contributed by atoms with Crippen LogP contribution in [0.2, 0.25) is 0 Å². The number of thioether (sulfide) groups is 1. The zero-order valence-electron chi connectivity index (χ0n) is 13.0. The molecule has 5 nitrogen and oxygen atoms in total. The van der Waals surface area contributed by atoms with Gasteiger partial charge in [0.25, 0.3) is 5.91 Å². The minimum Gasteiger partial charge on any atom is -0.460 e. The van der Waals surface area contributed by atoms with Crippen molar-refractivity contribution in [2.24, 2.45) is 0 Å². The first-order valence-electron chi connectivity index (χ1n) is 7.64. The van der Waals surface area contributed by atoms with Gasteiger partial charge in [-0.3, -0.25) is 4.79 Å². The van der Waals surface area contributed by atoms with Crippen LogP contribution in [-0.2, 0) is 0 Å². The Morgan fingerprint density at radius 3 is 2.57 bits per heavy atom. The molecule has 120 valence electrons. The van der Waals surface area contributed by atoms with Gasteiger partial charge in [-0.2, -0.15) is 0 Å². The van der Waals surface area contributed by atoms with E-state index in [1.165, 1.54) is 0 Å². The third-order valence-corrected chi connectivity index (χ3v) is 4.68. The second-order valence-electron chi connectivity index (χ2n) is 5.34. The van der Waals surface area contributed by atoms with Crippen molar-refractivity contribution >= 4 is 17.7 Å². The standard InChI is InChI=1S/C17H19N3O2S/c1-23-15-6-3-2-5-14(15)16(21)20-11-7-13(8-12-20)22-17-18-9-4-10-19-17/h2-6,9-10,13H,7-8,11-12H2,1H3. The summed E-state index contributed by atoms with van der Waals surface area (Å²) in [7, 11) is 0. The van der Waals surface area contributed by atoms with Crippen molar-refractivity contribution in [3.8, 4) is 6.01 Å². The summed E-state index contributed by atoms with van der Waals surface area (Å²) in [5, 5.41) is 0. The van der Waals surface area contributed by atoms with Crippen molar-refractivity contribution in [3.05, 3.63) is 48.3 Å².